The molecule has 3 heterocycles. The lowest BCUT2D eigenvalue weighted by molar-refractivity contribution is 0.122. The SMILES string of the molecule is Clc1ccc(-c2nc3c(c(N4CCOCC4)n2)CCNC3)cc1. The minimum absolute atomic E-state index is 0.724. The first-order chi connectivity index (χ1) is 11.3. The highest BCUT2D eigenvalue weighted by molar-refractivity contribution is 6.30. The Balaban J connectivity index is 1.79. The summed E-state index contributed by atoms with van der Waals surface area (Å²) in [6, 6.07) is 7.71. The molecule has 1 aromatic heterocycles. The lowest BCUT2D eigenvalue weighted by Crippen LogP contribution is -2.39. The van der Waals surface area contributed by atoms with Gasteiger partial charge in [-0.3, -0.25) is 0 Å². The van der Waals surface area contributed by atoms with Crippen molar-refractivity contribution in [1.29, 1.82) is 0 Å². The average Bonchev–Trinajstić information content (AvgIpc) is 2.62. The normalized spacial score (nSPS) is 17.9. The molecule has 1 saturated heterocycles. The topological polar surface area (TPSA) is 50.3 Å². The van der Waals surface area contributed by atoms with Crippen molar-refractivity contribution in [3.63, 3.8) is 0 Å². The second kappa shape index (κ2) is 6.43. The van der Waals surface area contributed by atoms with Crippen LogP contribution in [0.25, 0.3) is 11.4 Å². The zero-order valence-corrected chi connectivity index (χ0v) is 13.6. The molecule has 120 valence electrons. The van der Waals surface area contributed by atoms with Crippen LogP contribution in [0.15, 0.2) is 24.3 Å². The van der Waals surface area contributed by atoms with Crippen LogP contribution < -0.4 is 10.2 Å². The summed E-state index contributed by atoms with van der Waals surface area (Å²) in [5.41, 5.74) is 3.39. The molecule has 0 atom stereocenters. The van der Waals surface area contributed by atoms with Crippen molar-refractivity contribution in [2.45, 2.75) is 13.0 Å². The highest BCUT2D eigenvalue weighted by Crippen LogP contribution is 2.28. The number of anilines is 1. The van der Waals surface area contributed by atoms with Gasteiger partial charge in [0.15, 0.2) is 5.82 Å². The smallest absolute Gasteiger partial charge is 0.161 e. The number of morpholine rings is 1. The molecule has 1 aromatic carbocycles. The molecule has 0 aliphatic carbocycles. The van der Waals surface area contributed by atoms with E-state index in [0.29, 0.717) is 0 Å². The summed E-state index contributed by atoms with van der Waals surface area (Å²) in [6.45, 7) is 5.07. The van der Waals surface area contributed by atoms with Crippen LogP contribution >= 0.6 is 11.6 Å². The molecule has 4 rings (SSSR count). The standard InChI is InChI=1S/C17H19ClN4O/c18-13-3-1-12(2-4-13)16-20-15-11-19-6-5-14(15)17(21-16)22-7-9-23-10-8-22/h1-4,19H,5-11H2. The fourth-order valence-electron chi connectivity index (χ4n) is 3.10. The lowest BCUT2D eigenvalue weighted by Gasteiger charge is -2.31. The maximum Gasteiger partial charge on any atom is 0.161 e. The maximum absolute atomic E-state index is 5.99. The van der Waals surface area contributed by atoms with Crippen molar-refractivity contribution in [2.24, 2.45) is 0 Å². The molecule has 0 saturated carbocycles. The van der Waals surface area contributed by atoms with Crippen LogP contribution in [0.2, 0.25) is 5.02 Å². The Morgan fingerprint density at radius 1 is 1.09 bits per heavy atom. The monoisotopic (exact) mass is 330 g/mol. The molecule has 5 nitrogen and oxygen atoms in total. The molecule has 2 aliphatic heterocycles. The molecule has 0 bridgehead atoms. The molecule has 0 radical (unpaired) electrons. The Labute approximate surface area is 140 Å². The van der Waals surface area contributed by atoms with Crippen LogP contribution in [0, 0.1) is 0 Å². The number of hydrogen-bond acceptors (Lipinski definition) is 5. The van der Waals surface area contributed by atoms with E-state index >= 15 is 0 Å². The summed E-state index contributed by atoms with van der Waals surface area (Å²) in [6.07, 6.45) is 0.975. The van der Waals surface area contributed by atoms with E-state index < -0.39 is 0 Å². The summed E-state index contributed by atoms with van der Waals surface area (Å²) in [5.74, 6) is 1.84. The quantitative estimate of drug-likeness (QED) is 0.915. The van der Waals surface area contributed by atoms with E-state index in [2.05, 4.69) is 10.2 Å². The van der Waals surface area contributed by atoms with Gasteiger partial charge >= 0.3 is 0 Å². The number of halogens is 1. The van der Waals surface area contributed by atoms with E-state index in [-0.39, 0.29) is 0 Å². The number of nitrogens with one attached hydrogen (secondary N) is 1. The Hall–Kier alpha value is -1.69. The van der Waals surface area contributed by atoms with Crippen molar-refractivity contribution in [3.8, 4) is 11.4 Å². The van der Waals surface area contributed by atoms with Gasteiger partial charge in [0.05, 0.1) is 18.9 Å². The van der Waals surface area contributed by atoms with Crippen LogP contribution in [0.3, 0.4) is 0 Å². The Bertz CT molecular complexity index is 698. The third kappa shape index (κ3) is 3.04. The van der Waals surface area contributed by atoms with E-state index in [1.807, 2.05) is 24.3 Å². The molecule has 23 heavy (non-hydrogen) atoms. The predicted molar refractivity (Wildman–Crippen MR) is 90.9 cm³/mol. The molecule has 1 N–H and O–H groups in total. The van der Waals surface area contributed by atoms with Gasteiger partial charge in [0.2, 0.25) is 0 Å². The number of fused-ring (bicyclic) bond motifs is 1. The number of nitrogens with zero attached hydrogens (tertiary/aromatic N) is 3. The largest absolute Gasteiger partial charge is 0.378 e. The van der Waals surface area contributed by atoms with Gasteiger partial charge in [0.25, 0.3) is 0 Å². The van der Waals surface area contributed by atoms with Crippen LogP contribution in [0.5, 0.6) is 0 Å². The average molecular weight is 331 g/mol. The highest BCUT2D eigenvalue weighted by atomic mass is 35.5. The molecule has 0 spiro atoms. The molecule has 0 unspecified atom stereocenters. The molecular weight excluding hydrogens is 312 g/mol. The van der Waals surface area contributed by atoms with Crippen molar-refractivity contribution in [3.05, 3.63) is 40.5 Å². The zero-order chi connectivity index (χ0) is 15.6. The number of hydrogen-bond donors (Lipinski definition) is 1. The van der Waals surface area contributed by atoms with Crippen molar-refractivity contribution in [2.75, 3.05) is 37.7 Å². The first-order valence-corrected chi connectivity index (χ1v) is 8.38. The van der Waals surface area contributed by atoms with Gasteiger partial charge in [-0.05, 0) is 37.2 Å². The molecule has 2 aromatic rings. The summed E-state index contributed by atoms with van der Waals surface area (Å²) >= 11 is 5.99. The minimum atomic E-state index is 0.724. The molecule has 0 amide bonds. The van der Waals surface area contributed by atoms with E-state index in [9.17, 15) is 0 Å². The van der Waals surface area contributed by atoms with Crippen molar-refractivity contribution < 1.29 is 4.74 Å². The first-order valence-electron chi connectivity index (χ1n) is 8.00. The summed E-state index contributed by atoms with van der Waals surface area (Å²) < 4.78 is 5.48. The van der Waals surface area contributed by atoms with Gasteiger partial charge in [0.1, 0.15) is 5.82 Å². The molecule has 1 fully saturated rings. The fraction of sp³-hybridized carbons (Fsp3) is 0.412. The lowest BCUT2D eigenvalue weighted by atomic mass is 10.1. The summed E-state index contributed by atoms with van der Waals surface area (Å²) in [7, 11) is 0. The van der Waals surface area contributed by atoms with Gasteiger partial charge in [-0.2, -0.15) is 0 Å². The van der Waals surface area contributed by atoms with E-state index in [1.54, 1.807) is 0 Å². The van der Waals surface area contributed by atoms with Crippen molar-refractivity contribution >= 4 is 17.4 Å². The number of aromatic nitrogens is 2. The van der Waals surface area contributed by atoms with Crippen LogP contribution in [-0.2, 0) is 17.7 Å². The third-order valence-corrected chi connectivity index (χ3v) is 4.58. The molecule has 6 heteroatoms. The van der Waals surface area contributed by atoms with Gasteiger partial charge in [-0.15, -0.1) is 0 Å². The number of ether oxygens (including phenoxy) is 1. The summed E-state index contributed by atoms with van der Waals surface area (Å²) in [5, 5.41) is 4.13. The van der Waals surface area contributed by atoms with Crippen LogP contribution in [-0.4, -0.2) is 42.8 Å². The van der Waals surface area contributed by atoms with Gasteiger partial charge in [-0.1, -0.05) is 11.6 Å². The number of rotatable bonds is 2. The number of benzene rings is 1. The predicted octanol–water partition coefficient (Wildman–Crippen LogP) is 2.28. The van der Waals surface area contributed by atoms with E-state index in [1.165, 1.54) is 5.56 Å². The summed E-state index contributed by atoms with van der Waals surface area (Å²) in [4.78, 5) is 12.0. The Morgan fingerprint density at radius 3 is 2.65 bits per heavy atom. The Morgan fingerprint density at radius 2 is 1.87 bits per heavy atom. The minimum Gasteiger partial charge on any atom is -0.378 e. The van der Waals surface area contributed by atoms with Crippen LogP contribution in [0.4, 0.5) is 5.82 Å². The van der Waals surface area contributed by atoms with Gasteiger partial charge in [-0.25, -0.2) is 9.97 Å². The third-order valence-electron chi connectivity index (χ3n) is 4.33. The van der Waals surface area contributed by atoms with Crippen LogP contribution in [0.1, 0.15) is 11.3 Å². The zero-order valence-electron chi connectivity index (χ0n) is 12.9. The molecule has 2 aliphatic rings. The second-order valence-electron chi connectivity index (χ2n) is 5.83. The van der Waals surface area contributed by atoms with Gasteiger partial charge in [0, 0.05) is 35.8 Å². The Kier molecular flexibility index (Phi) is 4.16. The maximum atomic E-state index is 5.99. The highest BCUT2D eigenvalue weighted by Gasteiger charge is 2.23. The molecular formula is C17H19ClN4O. The fourth-order valence-corrected chi connectivity index (χ4v) is 3.23. The van der Waals surface area contributed by atoms with E-state index in [0.717, 1.165) is 73.7 Å². The van der Waals surface area contributed by atoms with E-state index in [4.69, 9.17) is 26.3 Å². The second-order valence-corrected chi connectivity index (χ2v) is 6.27. The van der Waals surface area contributed by atoms with Gasteiger partial charge < -0.3 is 15.0 Å². The first kappa shape index (κ1) is 14.9. The van der Waals surface area contributed by atoms with Crippen molar-refractivity contribution in [1.82, 2.24) is 15.3 Å².